The summed E-state index contributed by atoms with van der Waals surface area (Å²) < 4.78 is 0. The summed E-state index contributed by atoms with van der Waals surface area (Å²) in [6.07, 6.45) is 6.46. The average Bonchev–Trinajstić information content (AvgIpc) is 2.95. The summed E-state index contributed by atoms with van der Waals surface area (Å²) in [6, 6.07) is 5.67. The molecule has 0 aliphatic heterocycles. The van der Waals surface area contributed by atoms with Crippen LogP contribution in [0.25, 0.3) is 10.2 Å². The minimum Gasteiger partial charge on any atom is -0.397 e. The van der Waals surface area contributed by atoms with Crippen LogP contribution >= 0.6 is 11.3 Å². The van der Waals surface area contributed by atoms with Crippen LogP contribution in [0.4, 0.5) is 11.4 Å². The Kier molecular flexibility index (Phi) is 4.38. The van der Waals surface area contributed by atoms with E-state index in [-0.39, 0.29) is 11.3 Å². The molecule has 4 rings (SSSR count). The zero-order valence-electron chi connectivity index (χ0n) is 15.9. The molecule has 3 aromatic heterocycles. The quantitative estimate of drug-likeness (QED) is 0.676. The van der Waals surface area contributed by atoms with Crippen LogP contribution < -0.4 is 11.1 Å². The lowest BCUT2D eigenvalue weighted by Crippen LogP contribution is -2.27. The van der Waals surface area contributed by atoms with Crippen LogP contribution in [0.2, 0.25) is 0 Å². The maximum atomic E-state index is 12.7. The van der Waals surface area contributed by atoms with E-state index in [0.717, 1.165) is 35.2 Å². The maximum absolute atomic E-state index is 12.7. The van der Waals surface area contributed by atoms with E-state index in [0.29, 0.717) is 22.2 Å². The fraction of sp³-hybridized carbons (Fsp3) is 0.381. The lowest BCUT2D eigenvalue weighted by molar-refractivity contribution is 0.103. The number of aromatic nitrogens is 2. The smallest absolute Gasteiger partial charge is 0.267 e. The van der Waals surface area contributed by atoms with Gasteiger partial charge in [0.2, 0.25) is 0 Å². The number of anilines is 2. The van der Waals surface area contributed by atoms with E-state index in [4.69, 9.17) is 10.7 Å². The van der Waals surface area contributed by atoms with Crippen molar-refractivity contribution < 1.29 is 4.79 Å². The normalized spacial score (nSPS) is 16.9. The molecule has 0 fully saturated rings. The van der Waals surface area contributed by atoms with Gasteiger partial charge >= 0.3 is 0 Å². The molecule has 1 atom stereocenters. The third-order valence-electron chi connectivity index (χ3n) is 5.45. The molecule has 0 spiro atoms. The first-order valence-corrected chi connectivity index (χ1v) is 10.1. The van der Waals surface area contributed by atoms with Crippen LogP contribution in [0.15, 0.2) is 30.6 Å². The van der Waals surface area contributed by atoms with Crippen molar-refractivity contribution in [2.75, 3.05) is 11.1 Å². The average molecular weight is 381 g/mol. The highest BCUT2D eigenvalue weighted by Crippen LogP contribution is 2.40. The van der Waals surface area contributed by atoms with Gasteiger partial charge < -0.3 is 11.1 Å². The van der Waals surface area contributed by atoms with Gasteiger partial charge in [-0.1, -0.05) is 20.8 Å². The Morgan fingerprint density at radius 2 is 2.04 bits per heavy atom. The third-order valence-corrected chi connectivity index (χ3v) is 6.57. The number of thiophene rings is 1. The maximum Gasteiger partial charge on any atom is 0.267 e. The molecule has 0 radical (unpaired) electrons. The monoisotopic (exact) mass is 380 g/mol. The van der Waals surface area contributed by atoms with Crippen molar-refractivity contribution in [3.05, 3.63) is 46.7 Å². The summed E-state index contributed by atoms with van der Waals surface area (Å²) in [5, 5.41) is 3.78. The number of nitrogens with zero attached hydrogens (tertiary/aromatic N) is 2. The number of nitrogen functional groups attached to an aromatic ring is 1. The highest BCUT2D eigenvalue weighted by Gasteiger charge is 2.30. The number of fused-ring (bicyclic) bond motifs is 2. The van der Waals surface area contributed by atoms with E-state index in [9.17, 15) is 4.79 Å². The number of rotatable bonds is 2. The van der Waals surface area contributed by atoms with Crippen molar-refractivity contribution in [1.82, 2.24) is 9.97 Å². The molecule has 5 nitrogen and oxygen atoms in total. The van der Waals surface area contributed by atoms with Crippen molar-refractivity contribution >= 4 is 38.8 Å². The van der Waals surface area contributed by atoms with E-state index in [1.807, 2.05) is 0 Å². The number of pyridine rings is 2. The molecule has 0 aromatic carbocycles. The second kappa shape index (κ2) is 6.60. The summed E-state index contributed by atoms with van der Waals surface area (Å²) in [5.74, 6) is 0.436. The van der Waals surface area contributed by atoms with Crippen LogP contribution in [-0.2, 0) is 12.8 Å². The highest BCUT2D eigenvalue weighted by molar-refractivity contribution is 7.21. The number of carbonyl (C=O) groups is 1. The first-order chi connectivity index (χ1) is 12.8. The van der Waals surface area contributed by atoms with E-state index < -0.39 is 0 Å². The molecule has 3 aromatic rings. The molecular weight excluding hydrogens is 356 g/mol. The van der Waals surface area contributed by atoms with Crippen LogP contribution in [-0.4, -0.2) is 15.9 Å². The van der Waals surface area contributed by atoms with Gasteiger partial charge in [-0.05, 0) is 54.4 Å². The molecule has 140 valence electrons. The Morgan fingerprint density at radius 1 is 1.30 bits per heavy atom. The lowest BCUT2D eigenvalue weighted by Gasteiger charge is -2.34. The van der Waals surface area contributed by atoms with Crippen molar-refractivity contribution in [1.29, 1.82) is 0 Å². The number of aryl methyl sites for hydroxylation is 1. The number of nitrogens with one attached hydrogen (secondary N) is 1. The summed E-state index contributed by atoms with van der Waals surface area (Å²) >= 11 is 1.37. The van der Waals surface area contributed by atoms with Gasteiger partial charge in [-0.3, -0.25) is 9.78 Å². The van der Waals surface area contributed by atoms with Crippen LogP contribution in [0.1, 0.15) is 48.1 Å². The molecule has 1 aliphatic carbocycles. The van der Waals surface area contributed by atoms with E-state index in [1.165, 1.54) is 16.9 Å². The molecular formula is C21H24N4OS. The predicted octanol–water partition coefficient (Wildman–Crippen LogP) is 4.68. The summed E-state index contributed by atoms with van der Waals surface area (Å²) in [4.78, 5) is 22.9. The van der Waals surface area contributed by atoms with E-state index in [1.54, 1.807) is 24.5 Å². The van der Waals surface area contributed by atoms with Gasteiger partial charge in [-0.15, -0.1) is 11.3 Å². The Bertz CT molecular complexity index is 1000. The van der Waals surface area contributed by atoms with Crippen molar-refractivity contribution in [3.8, 4) is 0 Å². The number of nitrogens with two attached hydrogens (primary N) is 1. The molecule has 0 bridgehead atoms. The topological polar surface area (TPSA) is 80.9 Å². The molecule has 27 heavy (non-hydrogen) atoms. The van der Waals surface area contributed by atoms with Gasteiger partial charge in [0.25, 0.3) is 5.91 Å². The number of hydrogen-bond acceptors (Lipinski definition) is 5. The molecule has 1 unspecified atom stereocenters. The predicted molar refractivity (Wildman–Crippen MR) is 111 cm³/mol. The van der Waals surface area contributed by atoms with Crippen LogP contribution in [0.5, 0.6) is 0 Å². The van der Waals surface area contributed by atoms with Gasteiger partial charge in [0.05, 0.1) is 5.69 Å². The second-order valence-corrected chi connectivity index (χ2v) is 9.29. The molecule has 1 amide bonds. The Morgan fingerprint density at radius 3 is 2.74 bits per heavy atom. The molecule has 3 N–H and O–H groups in total. The largest absolute Gasteiger partial charge is 0.397 e. The fourth-order valence-corrected chi connectivity index (χ4v) is 4.71. The highest BCUT2D eigenvalue weighted by atomic mass is 32.1. The third kappa shape index (κ3) is 3.41. The minimum atomic E-state index is -0.202. The Labute approximate surface area is 163 Å². The van der Waals surface area contributed by atoms with Crippen molar-refractivity contribution in [3.63, 3.8) is 0 Å². The van der Waals surface area contributed by atoms with Gasteiger partial charge in [0.1, 0.15) is 9.71 Å². The second-order valence-electron chi connectivity index (χ2n) is 8.29. The zero-order valence-corrected chi connectivity index (χ0v) is 16.7. The molecule has 3 heterocycles. The minimum absolute atomic E-state index is 0.202. The lowest BCUT2D eigenvalue weighted by atomic mass is 9.71. The van der Waals surface area contributed by atoms with Gasteiger partial charge in [-0.2, -0.15) is 0 Å². The van der Waals surface area contributed by atoms with Crippen LogP contribution in [0.3, 0.4) is 0 Å². The molecule has 0 saturated carbocycles. The standard InChI is InChI=1S/C21H24N4OS/c1-21(2,3)13-4-5-16-12(10-13)11-15-17(22)18(27-20(15)25-16)19(26)24-14-6-8-23-9-7-14/h6-9,11,13H,4-5,10,22H2,1-3H3,(H,23,24,26). The summed E-state index contributed by atoms with van der Waals surface area (Å²) in [6.45, 7) is 6.90. The first kappa shape index (κ1) is 17.9. The Balaban J connectivity index is 1.67. The molecule has 1 aliphatic rings. The SMILES string of the molecule is CC(C)(C)C1CCc2nc3sc(C(=O)Nc4ccncc4)c(N)c3cc2C1. The van der Waals surface area contributed by atoms with Crippen molar-refractivity contribution in [2.24, 2.45) is 11.3 Å². The zero-order chi connectivity index (χ0) is 19.2. The van der Waals surface area contributed by atoms with E-state index >= 15 is 0 Å². The summed E-state index contributed by atoms with van der Waals surface area (Å²) in [5.41, 5.74) is 10.3. The Hall–Kier alpha value is -2.47. The van der Waals surface area contributed by atoms with Crippen LogP contribution in [0, 0.1) is 11.3 Å². The van der Waals surface area contributed by atoms with Gasteiger partial charge in [0.15, 0.2) is 0 Å². The summed E-state index contributed by atoms with van der Waals surface area (Å²) in [7, 11) is 0. The van der Waals surface area contributed by atoms with E-state index in [2.05, 4.69) is 37.1 Å². The first-order valence-electron chi connectivity index (χ1n) is 9.25. The van der Waals surface area contributed by atoms with Gasteiger partial charge in [0, 0.05) is 29.2 Å². The van der Waals surface area contributed by atoms with Crippen molar-refractivity contribution in [2.45, 2.75) is 40.0 Å². The number of carbonyl (C=O) groups excluding carboxylic acids is 1. The number of amides is 1. The fourth-order valence-electron chi connectivity index (χ4n) is 3.72. The van der Waals surface area contributed by atoms with Gasteiger partial charge in [-0.25, -0.2) is 4.98 Å². The number of hydrogen-bond donors (Lipinski definition) is 2. The molecule has 0 saturated heterocycles. The molecule has 6 heteroatoms.